The molecule has 2 aromatic rings. The number of rotatable bonds is 5. The van der Waals surface area contributed by atoms with Crippen LogP contribution in [0.25, 0.3) is 0 Å². The van der Waals surface area contributed by atoms with Gasteiger partial charge in [-0.1, -0.05) is 12.1 Å². The molecule has 0 bridgehead atoms. The van der Waals surface area contributed by atoms with E-state index < -0.39 is 23.8 Å². The Bertz CT molecular complexity index is 1040. The molecule has 1 aromatic carbocycles. The summed E-state index contributed by atoms with van der Waals surface area (Å²) in [6.07, 6.45) is 4.85. The van der Waals surface area contributed by atoms with Crippen LogP contribution in [0.15, 0.2) is 29.4 Å². The van der Waals surface area contributed by atoms with Crippen LogP contribution in [-0.4, -0.2) is 44.2 Å². The number of esters is 2. The molecule has 162 valence electrons. The molecule has 3 rings (SSSR count). The number of hydrazone groups is 1. The Hall–Kier alpha value is -3.53. The van der Waals surface area contributed by atoms with Crippen molar-refractivity contribution in [2.75, 3.05) is 19.5 Å². The Labute approximate surface area is 182 Å². The fraction of sp³-hybridized carbons (Fsp3) is 0.286. The average molecular weight is 443 g/mol. The number of nitrogens with one attached hydrogen (secondary N) is 2. The first-order valence-electron chi connectivity index (χ1n) is 9.50. The third-order valence-electron chi connectivity index (χ3n) is 4.71. The van der Waals surface area contributed by atoms with E-state index in [1.807, 2.05) is 0 Å². The van der Waals surface area contributed by atoms with Gasteiger partial charge in [0.2, 0.25) is 0 Å². The predicted octanol–water partition coefficient (Wildman–Crippen LogP) is 2.29. The number of amides is 2. The van der Waals surface area contributed by atoms with Crippen LogP contribution in [0.2, 0.25) is 0 Å². The zero-order chi connectivity index (χ0) is 22.4. The number of thiophene rings is 1. The standard InChI is InChI=1S/C21H21N3O6S/c1-29-20(27)13-9-7-12(8-10-13)11-22-24-18(26)17(25)23-19-16(21(28)30-2)14-5-3-4-6-15(14)31-19/h7-11H,3-6H2,1-2H3,(H,23,25)(H,24,26)/b22-11-. The summed E-state index contributed by atoms with van der Waals surface area (Å²) in [5.74, 6) is -2.93. The second-order valence-corrected chi connectivity index (χ2v) is 7.78. The molecular formula is C21H21N3O6S. The summed E-state index contributed by atoms with van der Waals surface area (Å²) in [5.41, 5.74) is 4.32. The van der Waals surface area contributed by atoms with Crippen LogP contribution in [0.5, 0.6) is 0 Å². The maximum Gasteiger partial charge on any atom is 0.341 e. The maximum absolute atomic E-state index is 12.3. The molecule has 0 saturated carbocycles. The molecule has 0 spiro atoms. The molecule has 0 radical (unpaired) electrons. The van der Waals surface area contributed by atoms with Crippen molar-refractivity contribution >= 4 is 46.3 Å². The lowest BCUT2D eigenvalue weighted by atomic mass is 9.95. The lowest BCUT2D eigenvalue weighted by Gasteiger charge is -2.11. The topological polar surface area (TPSA) is 123 Å². The number of hydrogen-bond acceptors (Lipinski definition) is 8. The average Bonchev–Trinajstić information content (AvgIpc) is 3.16. The minimum Gasteiger partial charge on any atom is -0.465 e. The van der Waals surface area contributed by atoms with E-state index in [4.69, 9.17) is 4.74 Å². The van der Waals surface area contributed by atoms with Crippen LogP contribution in [0.3, 0.4) is 0 Å². The highest BCUT2D eigenvalue weighted by Gasteiger charge is 2.28. The number of nitrogens with zero attached hydrogens (tertiary/aromatic N) is 1. The highest BCUT2D eigenvalue weighted by Crippen LogP contribution is 2.38. The molecule has 10 heteroatoms. The minimum atomic E-state index is -0.982. The molecule has 0 unspecified atom stereocenters. The SMILES string of the molecule is COC(=O)c1ccc(/C=N\NC(=O)C(=O)Nc2sc3c(c2C(=O)OC)CCCC3)cc1. The molecule has 0 atom stereocenters. The van der Waals surface area contributed by atoms with E-state index in [2.05, 4.69) is 20.6 Å². The molecular weight excluding hydrogens is 422 g/mol. The lowest BCUT2D eigenvalue weighted by molar-refractivity contribution is -0.136. The highest BCUT2D eigenvalue weighted by atomic mass is 32.1. The number of anilines is 1. The van der Waals surface area contributed by atoms with Gasteiger partial charge in [-0.15, -0.1) is 11.3 Å². The summed E-state index contributed by atoms with van der Waals surface area (Å²) in [6, 6.07) is 6.32. The van der Waals surface area contributed by atoms with Gasteiger partial charge in [-0.05, 0) is 48.9 Å². The zero-order valence-corrected chi connectivity index (χ0v) is 17.8. The first kappa shape index (κ1) is 22.2. The number of fused-ring (bicyclic) bond motifs is 1. The van der Waals surface area contributed by atoms with Gasteiger partial charge >= 0.3 is 23.8 Å². The number of benzene rings is 1. The summed E-state index contributed by atoms with van der Waals surface area (Å²) >= 11 is 1.29. The third kappa shape index (κ3) is 5.15. The van der Waals surface area contributed by atoms with Crippen LogP contribution in [-0.2, 0) is 31.9 Å². The predicted molar refractivity (Wildman–Crippen MR) is 114 cm³/mol. The van der Waals surface area contributed by atoms with Crippen molar-refractivity contribution in [3.05, 3.63) is 51.4 Å². The molecule has 1 aliphatic carbocycles. The number of methoxy groups -OCH3 is 2. The molecule has 1 aromatic heterocycles. The summed E-state index contributed by atoms with van der Waals surface area (Å²) in [4.78, 5) is 49.0. The van der Waals surface area contributed by atoms with Crippen molar-refractivity contribution < 1.29 is 28.7 Å². The molecule has 0 fully saturated rings. The van der Waals surface area contributed by atoms with Gasteiger partial charge in [0.1, 0.15) is 5.00 Å². The van der Waals surface area contributed by atoms with Gasteiger partial charge in [0.25, 0.3) is 0 Å². The number of ether oxygens (including phenoxy) is 2. The smallest absolute Gasteiger partial charge is 0.341 e. The number of hydrogen-bond donors (Lipinski definition) is 2. The van der Waals surface area contributed by atoms with Crippen LogP contribution in [0.4, 0.5) is 5.00 Å². The number of carbonyl (C=O) groups excluding carboxylic acids is 4. The van der Waals surface area contributed by atoms with E-state index in [1.165, 1.54) is 31.8 Å². The van der Waals surface area contributed by atoms with Crippen LogP contribution >= 0.6 is 11.3 Å². The maximum atomic E-state index is 12.3. The van der Waals surface area contributed by atoms with E-state index in [0.29, 0.717) is 21.7 Å². The molecule has 9 nitrogen and oxygen atoms in total. The molecule has 0 saturated heterocycles. The highest BCUT2D eigenvalue weighted by molar-refractivity contribution is 7.17. The number of carbonyl (C=O) groups is 4. The van der Waals surface area contributed by atoms with Crippen molar-refractivity contribution in [1.29, 1.82) is 0 Å². The minimum absolute atomic E-state index is 0.307. The zero-order valence-electron chi connectivity index (χ0n) is 17.0. The lowest BCUT2D eigenvalue weighted by Crippen LogP contribution is -2.32. The van der Waals surface area contributed by atoms with Gasteiger partial charge in [-0.3, -0.25) is 9.59 Å². The Morgan fingerprint density at radius 3 is 2.32 bits per heavy atom. The van der Waals surface area contributed by atoms with Gasteiger partial charge in [0.05, 0.1) is 31.6 Å². The Morgan fingerprint density at radius 1 is 0.968 bits per heavy atom. The first-order chi connectivity index (χ1) is 14.9. The Balaban J connectivity index is 1.64. The van der Waals surface area contributed by atoms with E-state index in [0.717, 1.165) is 36.1 Å². The molecule has 31 heavy (non-hydrogen) atoms. The largest absolute Gasteiger partial charge is 0.465 e. The molecule has 0 aliphatic heterocycles. The van der Waals surface area contributed by atoms with Crippen molar-refractivity contribution in [3.63, 3.8) is 0 Å². The Morgan fingerprint density at radius 2 is 1.65 bits per heavy atom. The van der Waals surface area contributed by atoms with E-state index in [1.54, 1.807) is 24.3 Å². The van der Waals surface area contributed by atoms with Gasteiger partial charge in [-0.25, -0.2) is 15.0 Å². The second kappa shape index (κ2) is 9.98. The molecule has 2 amide bonds. The van der Waals surface area contributed by atoms with Gasteiger partial charge < -0.3 is 14.8 Å². The normalized spacial score (nSPS) is 12.7. The first-order valence-corrected chi connectivity index (χ1v) is 10.3. The fourth-order valence-corrected chi connectivity index (χ4v) is 4.44. The Kier molecular flexibility index (Phi) is 7.14. The second-order valence-electron chi connectivity index (χ2n) is 6.67. The summed E-state index contributed by atoms with van der Waals surface area (Å²) in [7, 11) is 2.57. The molecule has 1 heterocycles. The number of aryl methyl sites for hydroxylation is 1. The fourth-order valence-electron chi connectivity index (χ4n) is 3.17. The quantitative estimate of drug-likeness (QED) is 0.316. The molecule has 2 N–H and O–H groups in total. The van der Waals surface area contributed by atoms with E-state index >= 15 is 0 Å². The van der Waals surface area contributed by atoms with E-state index in [-0.39, 0.29) is 0 Å². The van der Waals surface area contributed by atoms with Crippen LogP contribution in [0.1, 0.15) is 49.6 Å². The van der Waals surface area contributed by atoms with Crippen molar-refractivity contribution in [2.45, 2.75) is 25.7 Å². The van der Waals surface area contributed by atoms with Crippen LogP contribution < -0.4 is 10.7 Å². The molecule has 1 aliphatic rings. The van der Waals surface area contributed by atoms with Gasteiger partial charge in [-0.2, -0.15) is 5.10 Å². The third-order valence-corrected chi connectivity index (χ3v) is 5.91. The monoisotopic (exact) mass is 443 g/mol. The summed E-state index contributed by atoms with van der Waals surface area (Å²) in [5, 5.41) is 6.55. The van der Waals surface area contributed by atoms with Gasteiger partial charge in [0.15, 0.2) is 0 Å². The van der Waals surface area contributed by atoms with Crippen molar-refractivity contribution in [2.24, 2.45) is 5.10 Å². The van der Waals surface area contributed by atoms with E-state index in [9.17, 15) is 19.2 Å². The van der Waals surface area contributed by atoms with Crippen molar-refractivity contribution in [3.8, 4) is 0 Å². The summed E-state index contributed by atoms with van der Waals surface area (Å²) < 4.78 is 9.47. The van der Waals surface area contributed by atoms with Gasteiger partial charge in [0, 0.05) is 4.88 Å². The van der Waals surface area contributed by atoms with Crippen molar-refractivity contribution in [1.82, 2.24) is 5.43 Å². The summed E-state index contributed by atoms with van der Waals surface area (Å²) in [6.45, 7) is 0. The van der Waals surface area contributed by atoms with Crippen LogP contribution in [0, 0.1) is 0 Å².